The maximum Gasteiger partial charge on any atom is 0.147 e. The van der Waals surface area contributed by atoms with Crippen molar-refractivity contribution in [2.45, 2.75) is 9.79 Å². The Morgan fingerprint density at radius 1 is 0.765 bits per heavy atom. The molecular weight excluding hydrogens is 260 g/mol. The third kappa shape index (κ3) is 2.56. The van der Waals surface area contributed by atoms with Crippen LogP contribution in [-0.4, -0.2) is 0 Å². The van der Waals surface area contributed by atoms with E-state index in [4.69, 9.17) is 0 Å². The largest absolute Gasteiger partial charge is 0.349 e. The van der Waals surface area contributed by atoms with Crippen molar-refractivity contribution in [3.63, 3.8) is 0 Å². The van der Waals surface area contributed by atoms with Crippen LogP contribution in [0, 0.1) is 11.6 Å². The molecule has 0 aromatic heterocycles. The van der Waals surface area contributed by atoms with Crippen molar-refractivity contribution >= 4 is 36.6 Å². The summed E-state index contributed by atoms with van der Waals surface area (Å²) in [6, 6.07) is 8.86. The van der Waals surface area contributed by atoms with E-state index in [2.05, 4.69) is 30.6 Å². The minimum atomic E-state index is -0.492. The number of halogens is 2. The fourth-order valence-corrected chi connectivity index (χ4v) is 1.90. The molecule has 0 saturated carbocycles. The van der Waals surface area contributed by atoms with E-state index in [0.717, 1.165) is 0 Å². The van der Waals surface area contributed by atoms with Gasteiger partial charge in [-0.1, -0.05) is 12.1 Å². The molecule has 0 saturated heterocycles. The molecule has 88 valence electrons. The number of hydrogen-bond donors (Lipinski definition) is 3. The van der Waals surface area contributed by atoms with Gasteiger partial charge in [0.25, 0.3) is 0 Å². The lowest BCUT2D eigenvalue weighted by molar-refractivity contribution is 0.621. The highest BCUT2D eigenvalue weighted by Crippen LogP contribution is 2.31. The molecule has 1 N–H and O–H groups in total. The van der Waals surface area contributed by atoms with Crippen LogP contribution in [0.25, 0.3) is 0 Å². The molecule has 1 nitrogen and oxygen atoms in total. The Bertz CT molecular complexity index is 468. The summed E-state index contributed by atoms with van der Waals surface area (Å²) in [6.07, 6.45) is 0. The van der Waals surface area contributed by atoms with Crippen LogP contribution in [0.4, 0.5) is 20.2 Å². The van der Waals surface area contributed by atoms with Crippen molar-refractivity contribution in [2.24, 2.45) is 0 Å². The van der Waals surface area contributed by atoms with Gasteiger partial charge in [0.15, 0.2) is 0 Å². The van der Waals surface area contributed by atoms with Crippen molar-refractivity contribution in [3.8, 4) is 0 Å². The lowest BCUT2D eigenvalue weighted by Crippen LogP contribution is -1.98. The minimum Gasteiger partial charge on any atom is -0.349 e. The van der Waals surface area contributed by atoms with Crippen LogP contribution in [0.2, 0.25) is 0 Å². The third-order valence-electron chi connectivity index (χ3n) is 2.23. The van der Waals surface area contributed by atoms with Gasteiger partial charge in [0.1, 0.15) is 11.6 Å². The van der Waals surface area contributed by atoms with Crippen LogP contribution >= 0.6 is 25.3 Å². The molecular formula is C12H9F2NS2. The van der Waals surface area contributed by atoms with Crippen LogP contribution in [0.3, 0.4) is 0 Å². The van der Waals surface area contributed by atoms with Crippen LogP contribution in [-0.2, 0) is 0 Å². The number of nitrogens with one attached hydrogen (secondary N) is 1. The Hall–Kier alpha value is -1.20. The highest BCUT2D eigenvalue weighted by molar-refractivity contribution is 7.80. The van der Waals surface area contributed by atoms with Gasteiger partial charge in [0.2, 0.25) is 0 Å². The van der Waals surface area contributed by atoms with E-state index < -0.39 is 11.6 Å². The van der Waals surface area contributed by atoms with E-state index in [0.29, 0.717) is 9.79 Å². The first kappa shape index (κ1) is 12.3. The summed E-state index contributed by atoms with van der Waals surface area (Å²) in [6.45, 7) is 0. The van der Waals surface area contributed by atoms with Crippen LogP contribution < -0.4 is 5.32 Å². The molecule has 0 unspecified atom stereocenters. The molecule has 0 heterocycles. The van der Waals surface area contributed by atoms with Gasteiger partial charge >= 0.3 is 0 Å². The smallest absolute Gasteiger partial charge is 0.147 e. The predicted octanol–water partition coefficient (Wildman–Crippen LogP) is 4.29. The van der Waals surface area contributed by atoms with Gasteiger partial charge in [-0.25, -0.2) is 8.78 Å². The number of hydrogen-bond acceptors (Lipinski definition) is 3. The van der Waals surface area contributed by atoms with Crippen LogP contribution in [0.1, 0.15) is 0 Å². The maximum atomic E-state index is 13.5. The van der Waals surface area contributed by atoms with E-state index in [1.165, 1.54) is 24.3 Å². The first-order valence-electron chi connectivity index (χ1n) is 4.81. The van der Waals surface area contributed by atoms with Crippen molar-refractivity contribution < 1.29 is 8.78 Å². The van der Waals surface area contributed by atoms with E-state index >= 15 is 0 Å². The van der Waals surface area contributed by atoms with Crippen molar-refractivity contribution in [1.82, 2.24) is 0 Å². The average Bonchev–Trinajstić information content (AvgIpc) is 2.27. The second-order valence-corrected chi connectivity index (χ2v) is 4.36. The molecule has 2 rings (SSSR count). The second kappa shape index (κ2) is 4.98. The lowest BCUT2D eigenvalue weighted by atomic mass is 10.2. The van der Waals surface area contributed by atoms with Gasteiger partial charge in [-0.2, -0.15) is 0 Å². The molecule has 0 aliphatic heterocycles. The Kier molecular flexibility index (Phi) is 3.59. The summed E-state index contributed by atoms with van der Waals surface area (Å²) < 4.78 is 27.1. The fraction of sp³-hybridized carbons (Fsp3) is 0. The fourth-order valence-electron chi connectivity index (χ4n) is 1.40. The normalized spacial score (nSPS) is 10.4. The second-order valence-electron chi connectivity index (χ2n) is 3.39. The standard InChI is InChI=1S/C12H9F2NS2/c13-7-3-1-5-9(16)11(7)15-12-8(14)4-2-6-10(12)17/h1-6,15-17H. The molecule has 0 aliphatic rings. The Balaban J connectivity index is 2.45. The maximum absolute atomic E-state index is 13.5. The summed E-state index contributed by atoms with van der Waals surface area (Å²) in [5.74, 6) is -0.984. The van der Waals surface area contributed by atoms with Gasteiger partial charge in [0, 0.05) is 9.79 Å². The molecule has 0 radical (unpaired) electrons. The molecule has 0 fully saturated rings. The van der Waals surface area contributed by atoms with Crippen molar-refractivity contribution in [2.75, 3.05) is 5.32 Å². The number of para-hydroxylation sites is 2. The topological polar surface area (TPSA) is 12.0 Å². The van der Waals surface area contributed by atoms with E-state index in [1.807, 2.05) is 0 Å². The quantitative estimate of drug-likeness (QED) is 0.691. The molecule has 0 spiro atoms. The van der Waals surface area contributed by atoms with Crippen molar-refractivity contribution in [1.29, 1.82) is 0 Å². The van der Waals surface area contributed by atoms with E-state index in [1.54, 1.807) is 12.1 Å². The van der Waals surface area contributed by atoms with Crippen LogP contribution in [0.15, 0.2) is 46.2 Å². The minimum absolute atomic E-state index is 0.135. The summed E-state index contributed by atoms with van der Waals surface area (Å²) >= 11 is 8.23. The molecule has 17 heavy (non-hydrogen) atoms. The zero-order chi connectivity index (χ0) is 12.4. The number of rotatable bonds is 2. The third-order valence-corrected chi connectivity index (χ3v) is 2.98. The Morgan fingerprint density at radius 3 is 1.53 bits per heavy atom. The Morgan fingerprint density at radius 2 is 1.18 bits per heavy atom. The zero-order valence-electron chi connectivity index (χ0n) is 8.61. The number of benzene rings is 2. The SMILES string of the molecule is Fc1cccc(S)c1Nc1c(F)cccc1S. The molecule has 0 atom stereocenters. The molecule has 2 aromatic rings. The zero-order valence-corrected chi connectivity index (χ0v) is 10.4. The summed E-state index contributed by atoms with van der Waals surface area (Å²) in [7, 11) is 0. The number of anilines is 2. The van der Waals surface area contributed by atoms with Gasteiger partial charge in [0.05, 0.1) is 11.4 Å². The van der Waals surface area contributed by atoms with E-state index in [-0.39, 0.29) is 11.4 Å². The Labute approximate surface area is 109 Å². The van der Waals surface area contributed by atoms with Gasteiger partial charge in [-0.3, -0.25) is 0 Å². The number of thiol groups is 2. The predicted molar refractivity (Wildman–Crippen MR) is 70.6 cm³/mol. The summed E-state index contributed by atoms with van der Waals surface area (Å²) in [5.41, 5.74) is 0.271. The van der Waals surface area contributed by atoms with E-state index in [9.17, 15) is 8.78 Å². The molecule has 0 aliphatic carbocycles. The van der Waals surface area contributed by atoms with Crippen molar-refractivity contribution in [3.05, 3.63) is 48.0 Å². The summed E-state index contributed by atoms with van der Waals surface area (Å²) in [4.78, 5) is 0.807. The monoisotopic (exact) mass is 269 g/mol. The van der Waals surface area contributed by atoms with Gasteiger partial charge < -0.3 is 5.32 Å². The molecule has 0 bridgehead atoms. The summed E-state index contributed by atoms with van der Waals surface area (Å²) in [5, 5.41) is 2.67. The first-order chi connectivity index (χ1) is 8.09. The average molecular weight is 269 g/mol. The molecule has 2 aromatic carbocycles. The highest BCUT2D eigenvalue weighted by atomic mass is 32.1. The van der Waals surface area contributed by atoms with Gasteiger partial charge in [-0.15, -0.1) is 25.3 Å². The highest BCUT2D eigenvalue weighted by Gasteiger charge is 2.11. The molecule has 5 heteroatoms. The van der Waals surface area contributed by atoms with Crippen LogP contribution in [0.5, 0.6) is 0 Å². The first-order valence-corrected chi connectivity index (χ1v) is 5.71. The van der Waals surface area contributed by atoms with Gasteiger partial charge in [-0.05, 0) is 24.3 Å². The molecule has 0 amide bonds. The lowest BCUT2D eigenvalue weighted by Gasteiger charge is -2.12.